The maximum atomic E-state index is 11.5. The summed E-state index contributed by atoms with van der Waals surface area (Å²) in [5, 5.41) is 13.9. The molecule has 0 aromatic carbocycles. The lowest BCUT2D eigenvalue weighted by Gasteiger charge is -2.11. The number of carboxylic acids is 1. The first-order valence-corrected chi connectivity index (χ1v) is 5.80. The normalized spacial score (nSPS) is 20.8. The topological polar surface area (TPSA) is 95.5 Å². The minimum atomic E-state index is -0.820. The van der Waals surface area contributed by atoms with Crippen molar-refractivity contribution in [2.75, 3.05) is 6.54 Å². The number of carboxylic acid groups (broad SMARTS) is 1. The molecule has 0 aliphatic carbocycles. The van der Waals surface area contributed by atoms with E-state index >= 15 is 0 Å². The Balaban J connectivity index is 2.12. The van der Waals surface area contributed by atoms with Crippen LogP contribution in [0.2, 0.25) is 0 Å². The van der Waals surface area contributed by atoms with Gasteiger partial charge in [0.1, 0.15) is 6.04 Å². The van der Waals surface area contributed by atoms with E-state index in [2.05, 4.69) is 10.6 Å². The van der Waals surface area contributed by atoms with E-state index in [-0.39, 0.29) is 11.8 Å². The van der Waals surface area contributed by atoms with Crippen LogP contribution in [0.4, 0.5) is 0 Å². The van der Waals surface area contributed by atoms with Gasteiger partial charge in [0.05, 0.1) is 5.92 Å². The maximum absolute atomic E-state index is 11.5. The van der Waals surface area contributed by atoms with E-state index in [0.29, 0.717) is 32.2 Å². The predicted molar refractivity (Wildman–Crippen MR) is 60.2 cm³/mol. The number of hydrogen-bond acceptors (Lipinski definition) is 3. The second kappa shape index (κ2) is 6.22. The van der Waals surface area contributed by atoms with Crippen molar-refractivity contribution in [3.8, 4) is 0 Å². The molecule has 1 fully saturated rings. The summed E-state index contributed by atoms with van der Waals surface area (Å²) in [5.74, 6) is -1.49. The number of nitrogens with one attached hydrogen (secondary N) is 2. The summed E-state index contributed by atoms with van der Waals surface area (Å²) in [7, 11) is 0. The van der Waals surface area contributed by atoms with Crippen molar-refractivity contribution in [3.63, 3.8) is 0 Å². The smallest absolute Gasteiger partial charge is 0.306 e. The Labute approximate surface area is 99.8 Å². The molecular formula is C11H18N2O4. The number of carbonyl (C=O) groups is 3. The van der Waals surface area contributed by atoms with Crippen LogP contribution in [0, 0.1) is 5.92 Å². The molecule has 1 rings (SSSR count). The van der Waals surface area contributed by atoms with E-state index in [4.69, 9.17) is 5.11 Å². The lowest BCUT2D eigenvalue weighted by atomic mass is 10.1. The van der Waals surface area contributed by atoms with Crippen molar-refractivity contribution in [1.82, 2.24) is 10.6 Å². The van der Waals surface area contributed by atoms with Crippen molar-refractivity contribution in [2.24, 2.45) is 5.92 Å². The molecule has 0 radical (unpaired) electrons. The molecule has 0 spiro atoms. The Morgan fingerprint density at radius 1 is 1.59 bits per heavy atom. The summed E-state index contributed by atoms with van der Waals surface area (Å²) in [6, 6.07) is -0.417. The highest BCUT2D eigenvalue weighted by molar-refractivity contribution is 5.90. The Hall–Kier alpha value is -1.59. The highest BCUT2D eigenvalue weighted by Crippen LogP contribution is 2.07. The van der Waals surface area contributed by atoms with E-state index < -0.39 is 17.9 Å². The number of rotatable bonds is 6. The fourth-order valence-electron chi connectivity index (χ4n) is 1.68. The summed E-state index contributed by atoms with van der Waals surface area (Å²) in [5.41, 5.74) is 0. The number of amides is 2. The molecule has 1 aliphatic rings. The summed E-state index contributed by atoms with van der Waals surface area (Å²) in [6.07, 6.45) is 2.09. The molecule has 1 heterocycles. The molecule has 0 saturated carbocycles. The summed E-state index contributed by atoms with van der Waals surface area (Å²) in [4.78, 5) is 33.0. The van der Waals surface area contributed by atoms with Crippen LogP contribution in [0.15, 0.2) is 0 Å². The fourth-order valence-corrected chi connectivity index (χ4v) is 1.68. The maximum Gasteiger partial charge on any atom is 0.306 e. The van der Waals surface area contributed by atoms with Gasteiger partial charge in [0, 0.05) is 13.0 Å². The number of aliphatic carboxylic acids is 1. The summed E-state index contributed by atoms with van der Waals surface area (Å²) < 4.78 is 0. The van der Waals surface area contributed by atoms with Crippen molar-refractivity contribution >= 4 is 17.8 Å². The van der Waals surface area contributed by atoms with E-state index in [0.717, 1.165) is 0 Å². The van der Waals surface area contributed by atoms with Gasteiger partial charge < -0.3 is 15.7 Å². The molecule has 6 nitrogen and oxygen atoms in total. The molecule has 96 valence electrons. The van der Waals surface area contributed by atoms with Crippen molar-refractivity contribution in [2.45, 2.75) is 38.6 Å². The van der Waals surface area contributed by atoms with Gasteiger partial charge in [0.2, 0.25) is 11.8 Å². The molecule has 3 N–H and O–H groups in total. The molecule has 1 saturated heterocycles. The number of carbonyl (C=O) groups excluding carboxylic acids is 2. The minimum Gasteiger partial charge on any atom is -0.481 e. The molecule has 1 aliphatic heterocycles. The van der Waals surface area contributed by atoms with Crippen LogP contribution in [0.3, 0.4) is 0 Å². The van der Waals surface area contributed by atoms with Gasteiger partial charge in [-0.3, -0.25) is 14.4 Å². The third-order valence-electron chi connectivity index (χ3n) is 2.85. The van der Waals surface area contributed by atoms with Gasteiger partial charge in [-0.2, -0.15) is 0 Å². The fraction of sp³-hybridized carbons (Fsp3) is 0.727. The Morgan fingerprint density at radius 2 is 2.29 bits per heavy atom. The van der Waals surface area contributed by atoms with Gasteiger partial charge in [0.25, 0.3) is 0 Å². The predicted octanol–water partition coefficient (Wildman–Crippen LogP) is -0.118. The molecule has 2 atom stereocenters. The van der Waals surface area contributed by atoms with Crippen molar-refractivity contribution in [1.29, 1.82) is 0 Å². The minimum absolute atomic E-state index is 0.0929. The van der Waals surface area contributed by atoms with Crippen molar-refractivity contribution < 1.29 is 19.5 Å². The highest BCUT2D eigenvalue weighted by atomic mass is 16.4. The average molecular weight is 242 g/mol. The van der Waals surface area contributed by atoms with E-state index in [1.165, 1.54) is 0 Å². The molecule has 6 heteroatoms. The average Bonchev–Trinajstić information content (AvgIpc) is 2.70. The zero-order valence-corrected chi connectivity index (χ0v) is 9.86. The first-order chi connectivity index (χ1) is 8.00. The SMILES string of the molecule is CC(CCCNC(=O)[C@H]1CCC(=O)N1)C(=O)O. The molecule has 0 bridgehead atoms. The van der Waals surface area contributed by atoms with Crippen LogP contribution in [-0.2, 0) is 14.4 Å². The van der Waals surface area contributed by atoms with Crippen LogP contribution < -0.4 is 10.6 Å². The van der Waals surface area contributed by atoms with Crippen molar-refractivity contribution in [3.05, 3.63) is 0 Å². The second-order valence-corrected chi connectivity index (χ2v) is 4.33. The standard InChI is InChI=1S/C11H18N2O4/c1-7(11(16)17)3-2-6-12-10(15)8-4-5-9(14)13-8/h7-8H,2-6H2,1H3,(H,12,15)(H,13,14)(H,16,17)/t7?,8-/m1/s1. The quantitative estimate of drug-likeness (QED) is 0.566. The zero-order chi connectivity index (χ0) is 12.8. The van der Waals surface area contributed by atoms with E-state index in [1.807, 2.05) is 0 Å². The molecule has 0 aromatic rings. The van der Waals surface area contributed by atoms with Gasteiger partial charge in [-0.25, -0.2) is 0 Å². The molecular weight excluding hydrogens is 224 g/mol. The van der Waals surface area contributed by atoms with Crippen LogP contribution in [0.1, 0.15) is 32.6 Å². The van der Waals surface area contributed by atoms with Gasteiger partial charge in [-0.1, -0.05) is 6.92 Å². The Bertz CT molecular complexity index is 317. The van der Waals surface area contributed by atoms with E-state index in [1.54, 1.807) is 6.92 Å². The lowest BCUT2D eigenvalue weighted by Crippen LogP contribution is -2.41. The van der Waals surface area contributed by atoms with Gasteiger partial charge in [-0.15, -0.1) is 0 Å². The monoisotopic (exact) mass is 242 g/mol. The van der Waals surface area contributed by atoms with Crippen LogP contribution in [0.5, 0.6) is 0 Å². The largest absolute Gasteiger partial charge is 0.481 e. The van der Waals surface area contributed by atoms with Gasteiger partial charge in [0.15, 0.2) is 0 Å². The zero-order valence-electron chi connectivity index (χ0n) is 9.86. The van der Waals surface area contributed by atoms with Crippen LogP contribution in [-0.4, -0.2) is 35.5 Å². The Kier molecular flexibility index (Phi) is 4.93. The molecule has 0 aromatic heterocycles. The van der Waals surface area contributed by atoms with Gasteiger partial charge >= 0.3 is 5.97 Å². The first kappa shape index (κ1) is 13.5. The molecule has 17 heavy (non-hydrogen) atoms. The summed E-state index contributed by atoms with van der Waals surface area (Å²) >= 11 is 0. The first-order valence-electron chi connectivity index (χ1n) is 5.80. The molecule has 1 unspecified atom stereocenters. The Morgan fingerprint density at radius 3 is 2.82 bits per heavy atom. The number of hydrogen-bond donors (Lipinski definition) is 3. The second-order valence-electron chi connectivity index (χ2n) is 4.33. The van der Waals surface area contributed by atoms with Gasteiger partial charge in [-0.05, 0) is 19.3 Å². The van der Waals surface area contributed by atoms with E-state index in [9.17, 15) is 14.4 Å². The third kappa shape index (κ3) is 4.42. The van der Waals surface area contributed by atoms with Crippen LogP contribution >= 0.6 is 0 Å². The van der Waals surface area contributed by atoms with Crippen LogP contribution in [0.25, 0.3) is 0 Å². The summed E-state index contributed by atoms with van der Waals surface area (Å²) in [6.45, 7) is 2.09. The molecule has 2 amide bonds. The highest BCUT2D eigenvalue weighted by Gasteiger charge is 2.26. The third-order valence-corrected chi connectivity index (χ3v) is 2.85. The lowest BCUT2D eigenvalue weighted by molar-refractivity contribution is -0.141.